The van der Waals surface area contributed by atoms with Crippen molar-refractivity contribution in [3.63, 3.8) is 0 Å². The van der Waals surface area contributed by atoms with Gasteiger partial charge in [-0.05, 0) is 38.3 Å². The number of rotatable bonds is 24. The SMILES string of the molecule is CCCCCCCCCCCCCCCCCC1OCC(COC(=O)CCCC[n+]2ccsc2)O1.Cc1ccc(S(=O)(=O)[O-])cc1. The Morgan fingerprint density at radius 3 is 2.02 bits per heavy atom. The number of hydrogen-bond donors (Lipinski definition) is 0. The minimum absolute atomic E-state index is 0.110. The van der Waals surface area contributed by atoms with Gasteiger partial charge < -0.3 is 18.8 Å². The molecule has 0 saturated carbocycles. The average molecular weight is 682 g/mol. The number of ether oxygens (including phenoxy) is 3. The van der Waals surface area contributed by atoms with E-state index in [1.807, 2.05) is 6.92 Å². The maximum atomic E-state index is 11.9. The number of benzene rings is 1. The molecular weight excluding hydrogens is 623 g/mol. The molecule has 1 saturated heterocycles. The second-order valence-corrected chi connectivity index (χ2v) is 14.6. The number of esters is 1. The Labute approximate surface area is 283 Å². The van der Waals surface area contributed by atoms with E-state index in [2.05, 4.69) is 28.6 Å². The van der Waals surface area contributed by atoms with E-state index >= 15 is 0 Å². The third kappa shape index (κ3) is 20.4. The van der Waals surface area contributed by atoms with Crippen LogP contribution in [-0.2, 0) is 35.7 Å². The van der Waals surface area contributed by atoms with Crippen molar-refractivity contribution < 1.29 is 36.5 Å². The molecule has 1 aliphatic heterocycles. The van der Waals surface area contributed by atoms with Crippen LogP contribution in [0.2, 0.25) is 0 Å². The molecule has 2 aromatic rings. The van der Waals surface area contributed by atoms with Gasteiger partial charge in [0.25, 0.3) is 0 Å². The average Bonchev–Trinajstić information content (AvgIpc) is 3.73. The maximum Gasteiger partial charge on any atom is 0.305 e. The number of carbonyl (C=O) groups excluding carboxylic acids is 1. The first-order chi connectivity index (χ1) is 22.3. The summed E-state index contributed by atoms with van der Waals surface area (Å²) in [6, 6.07) is 5.78. The molecule has 1 fully saturated rings. The lowest BCUT2D eigenvalue weighted by molar-refractivity contribution is -0.692. The highest BCUT2D eigenvalue weighted by atomic mass is 32.2. The number of carbonyl (C=O) groups is 1. The van der Waals surface area contributed by atoms with Gasteiger partial charge in [0.05, 0.1) is 16.9 Å². The molecule has 2 heterocycles. The van der Waals surface area contributed by atoms with Crippen molar-refractivity contribution in [3.8, 4) is 0 Å². The molecule has 0 aliphatic carbocycles. The van der Waals surface area contributed by atoms with E-state index in [1.165, 1.54) is 102 Å². The minimum atomic E-state index is -4.27. The molecule has 1 aromatic carbocycles. The van der Waals surface area contributed by atoms with Crippen molar-refractivity contribution in [3.05, 3.63) is 46.9 Å². The third-order valence-electron chi connectivity index (χ3n) is 8.17. The molecule has 1 aliphatic rings. The molecule has 0 radical (unpaired) electrons. The largest absolute Gasteiger partial charge is 0.744 e. The van der Waals surface area contributed by atoms with Gasteiger partial charge in [0.15, 0.2) is 12.5 Å². The molecule has 1 aromatic heterocycles. The first-order valence-corrected chi connectivity index (χ1v) is 20.0. The highest BCUT2D eigenvalue weighted by molar-refractivity contribution is 7.85. The quantitative estimate of drug-likeness (QED) is 0.0473. The van der Waals surface area contributed by atoms with Gasteiger partial charge in [-0.1, -0.05) is 126 Å². The fraction of sp³-hybridized carbons (Fsp3) is 0.722. The highest BCUT2D eigenvalue weighted by Gasteiger charge is 2.26. The Bertz CT molecular complexity index is 1120. The maximum absolute atomic E-state index is 11.9. The van der Waals surface area contributed by atoms with Crippen LogP contribution in [-0.4, -0.2) is 44.5 Å². The van der Waals surface area contributed by atoms with E-state index in [0.29, 0.717) is 19.6 Å². The van der Waals surface area contributed by atoms with E-state index in [9.17, 15) is 17.8 Å². The number of aromatic nitrogens is 1. The van der Waals surface area contributed by atoms with E-state index < -0.39 is 10.1 Å². The second kappa shape index (κ2) is 25.2. The number of nitrogens with zero attached hydrogens (tertiary/aromatic N) is 1. The Hall–Kier alpha value is -1.85. The smallest absolute Gasteiger partial charge is 0.305 e. The van der Waals surface area contributed by atoms with Crippen molar-refractivity contribution in [2.24, 2.45) is 0 Å². The zero-order valence-corrected chi connectivity index (χ0v) is 30.0. The standard InChI is InChI=1S/C29H52NO4S.C7H8O3S/c1-2-3-4-5-6-7-8-9-10-11-12-13-14-15-16-20-29-33-25-27(34-29)24-32-28(31)19-17-18-21-30-22-23-35-26-30;1-6-2-4-7(5-3-6)11(8,9)10/h22-23,26-27,29H,2-21,24-25H2,1H3;2-5H,1H3,(H,8,9,10)/q+1;/p-1. The summed E-state index contributed by atoms with van der Waals surface area (Å²) in [5.74, 6) is -0.130. The summed E-state index contributed by atoms with van der Waals surface area (Å²) in [6.45, 7) is 5.91. The lowest BCUT2D eigenvalue weighted by Crippen LogP contribution is -2.29. The molecule has 3 rings (SSSR count). The molecule has 8 nitrogen and oxygen atoms in total. The zero-order valence-electron chi connectivity index (χ0n) is 28.4. The van der Waals surface area contributed by atoms with E-state index in [-0.39, 0.29) is 23.3 Å². The number of thiazole rings is 1. The monoisotopic (exact) mass is 681 g/mol. The fourth-order valence-corrected chi connectivity index (χ4v) is 6.44. The fourth-order valence-electron chi connectivity index (χ4n) is 5.34. The van der Waals surface area contributed by atoms with Crippen LogP contribution < -0.4 is 4.57 Å². The van der Waals surface area contributed by atoms with Crippen molar-refractivity contribution in [1.82, 2.24) is 0 Å². The molecule has 262 valence electrons. The predicted molar refractivity (Wildman–Crippen MR) is 183 cm³/mol. The molecule has 0 amide bonds. The predicted octanol–water partition coefficient (Wildman–Crippen LogP) is 8.65. The lowest BCUT2D eigenvalue weighted by atomic mass is 10.0. The van der Waals surface area contributed by atoms with Gasteiger partial charge in [0.1, 0.15) is 29.4 Å². The van der Waals surface area contributed by atoms with Crippen molar-refractivity contribution in [1.29, 1.82) is 0 Å². The summed E-state index contributed by atoms with van der Waals surface area (Å²) in [6.07, 6.45) is 25.7. The van der Waals surface area contributed by atoms with Crippen LogP contribution in [0.5, 0.6) is 0 Å². The molecule has 0 bridgehead atoms. The molecule has 0 spiro atoms. The molecule has 2 atom stereocenters. The molecule has 2 unspecified atom stereocenters. The lowest BCUT2D eigenvalue weighted by Gasteiger charge is -2.12. The first kappa shape index (κ1) is 40.3. The third-order valence-corrected chi connectivity index (χ3v) is 9.69. The van der Waals surface area contributed by atoms with Gasteiger partial charge in [-0.25, -0.2) is 8.42 Å². The molecule has 46 heavy (non-hydrogen) atoms. The number of unbranched alkanes of at least 4 members (excludes halogenated alkanes) is 15. The summed E-state index contributed by atoms with van der Waals surface area (Å²) < 4.78 is 50.4. The zero-order chi connectivity index (χ0) is 33.3. The van der Waals surface area contributed by atoms with E-state index in [4.69, 9.17) is 14.2 Å². The van der Waals surface area contributed by atoms with Crippen LogP contribution in [0.1, 0.15) is 134 Å². The van der Waals surface area contributed by atoms with Crippen molar-refractivity contribution in [2.75, 3.05) is 13.2 Å². The Balaban J connectivity index is 0.000000562. The van der Waals surface area contributed by atoms with Gasteiger partial charge in [0.2, 0.25) is 5.51 Å². The Kier molecular flexibility index (Phi) is 22.1. The highest BCUT2D eigenvalue weighted by Crippen LogP contribution is 2.19. The van der Waals surface area contributed by atoms with Gasteiger partial charge in [-0.2, -0.15) is 4.57 Å². The number of aryl methyl sites for hydroxylation is 2. The summed E-state index contributed by atoms with van der Waals surface area (Å²) >= 11 is 1.69. The minimum Gasteiger partial charge on any atom is -0.744 e. The second-order valence-electron chi connectivity index (χ2n) is 12.4. The van der Waals surface area contributed by atoms with Crippen LogP contribution in [0, 0.1) is 6.92 Å². The van der Waals surface area contributed by atoms with Gasteiger partial charge >= 0.3 is 5.97 Å². The first-order valence-electron chi connectivity index (χ1n) is 17.6. The van der Waals surface area contributed by atoms with E-state index in [0.717, 1.165) is 37.8 Å². The number of hydrogen-bond acceptors (Lipinski definition) is 8. The Morgan fingerprint density at radius 1 is 0.891 bits per heavy atom. The summed E-state index contributed by atoms with van der Waals surface area (Å²) in [4.78, 5) is 11.8. The summed E-state index contributed by atoms with van der Waals surface area (Å²) in [5.41, 5.74) is 3.02. The molecule has 10 heteroatoms. The van der Waals surface area contributed by atoms with Crippen molar-refractivity contribution in [2.45, 2.75) is 160 Å². The van der Waals surface area contributed by atoms with Crippen LogP contribution in [0.25, 0.3) is 0 Å². The summed E-state index contributed by atoms with van der Waals surface area (Å²) in [5, 5.41) is 2.06. The molecule has 0 N–H and O–H groups in total. The molecular formula is C36H59NO7S2. The van der Waals surface area contributed by atoms with Crippen LogP contribution in [0.15, 0.2) is 46.2 Å². The van der Waals surface area contributed by atoms with Crippen LogP contribution in [0.3, 0.4) is 0 Å². The Morgan fingerprint density at radius 2 is 1.48 bits per heavy atom. The van der Waals surface area contributed by atoms with Crippen LogP contribution in [0.4, 0.5) is 0 Å². The van der Waals surface area contributed by atoms with Gasteiger partial charge in [-0.3, -0.25) is 4.79 Å². The summed E-state index contributed by atoms with van der Waals surface area (Å²) in [7, 11) is -4.27. The topological polar surface area (TPSA) is 106 Å². The van der Waals surface area contributed by atoms with Crippen LogP contribution >= 0.6 is 11.3 Å². The van der Waals surface area contributed by atoms with Crippen molar-refractivity contribution >= 4 is 27.4 Å². The van der Waals surface area contributed by atoms with Gasteiger partial charge in [0, 0.05) is 12.8 Å². The normalized spacial score (nSPS) is 16.2. The van der Waals surface area contributed by atoms with E-state index in [1.54, 1.807) is 23.5 Å². The van der Waals surface area contributed by atoms with Gasteiger partial charge in [-0.15, -0.1) is 0 Å².